The molecule has 0 heterocycles. The van der Waals surface area contributed by atoms with Crippen molar-refractivity contribution in [2.45, 2.75) is 18.2 Å². The average molecular weight is 242 g/mol. The van der Waals surface area contributed by atoms with E-state index in [4.69, 9.17) is 0 Å². The van der Waals surface area contributed by atoms with Crippen LogP contribution in [-0.2, 0) is 21.2 Å². The summed E-state index contributed by atoms with van der Waals surface area (Å²) in [5.41, 5.74) is 1.01. The molecule has 0 saturated heterocycles. The van der Waals surface area contributed by atoms with E-state index < -0.39 is 22.5 Å². The number of carboxylic acids is 1. The maximum absolute atomic E-state index is 11.5. The first-order valence-corrected chi connectivity index (χ1v) is 6.22. The van der Waals surface area contributed by atoms with Crippen LogP contribution in [0.5, 0.6) is 0 Å². The van der Waals surface area contributed by atoms with E-state index in [0.29, 0.717) is 0 Å². The Morgan fingerprint density at radius 1 is 1.31 bits per heavy atom. The van der Waals surface area contributed by atoms with Gasteiger partial charge in [-0.25, -0.2) is 13.1 Å². The number of rotatable bonds is 5. The van der Waals surface area contributed by atoms with Crippen LogP contribution in [0.3, 0.4) is 0 Å². The summed E-state index contributed by atoms with van der Waals surface area (Å²) in [5.74, 6) is -1.46. The van der Waals surface area contributed by atoms with Crippen molar-refractivity contribution in [3.05, 3.63) is 29.8 Å². The Morgan fingerprint density at radius 2 is 1.88 bits per heavy atom. The zero-order valence-electron chi connectivity index (χ0n) is 8.76. The highest BCUT2D eigenvalue weighted by atomic mass is 32.2. The van der Waals surface area contributed by atoms with Crippen LogP contribution in [0, 0.1) is 0 Å². The van der Waals surface area contributed by atoms with Crippen LogP contribution in [0.4, 0.5) is 0 Å². The predicted molar refractivity (Wildman–Crippen MR) is 56.0 cm³/mol. The molecule has 0 unspecified atom stereocenters. The molecule has 0 atom stereocenters. The molecule has 0 spiro atoms. The fourth-order valence-electron chi connectivity index (χ4n) is 1.14. The third kappa shape index (κ3) is 3.32. The second kappa shape index (κ2) is 5.09. The maximum Gasteiger partial charge on any atom is 0.240 e. The van der Waals surface area contributed by atoms with Gasteiger partial charge in [0.2, 0.25) is 10.0 Å². The Kier molecular flexibility index (Phi) is 4.03. The maximum atomic E-state index is 11.5. The highest BCUT2D eigenvalue weighted by molar-refractivity contribution is 7.89. The number of nitrogens with one attached hydrogen (secondary N) is 1. The van der Waals surface area contributed by atoms with Gasteiger partial charge < -0.3 is 9.90 Å². The van der Waals surface area contributed by atoms with Gasteiger partial charge in [-0.2, -0.15) is 0 Å². The molecule has 0 aromatic heterocycles. The summed E-state index contributed by atoms with van der Waals surface area (Å²) in [7, 11) is -3.75. The van der Waals surface area contributed by atoms with E-state index in [0.717, 1.165) is 12.0 Å². The van der Waals surface area contributed by atoms with Crippen LogP contribution < -0.4 is 9.83 Å². The number of aryl methyl sites for hydroxylation is 1. The lowest BCUT2D eigenvalue weighted by molar-refractivity contribution is -0.303. The summed E-state index contributed by atoms with van der Waals surface area (Å²) in [4.78, 5) is 10.2. The molecule has 0 aliphatic carbocycles. The standard InChI is InChI=1S/C10H13NO4S/c1-2-8-3-5-9(6-4-8)16(14,15)11-7-10(12)13/h3-6,11H,2,7H2,1H3,(H,12,13)/p-1. The van der Waals surface area contributed by atoms with E-state index in [9.17, 15) is 18.3 Å². The molecule has 5 nitrogen and oxygen atoms in total. The Labute approximate surface area is 94.2 Å². The van der Waals surface area contributed by atoms with Gasteiger partial charge in [0, 0.05) is 0 Å². The number of carbonyl (C=O) groups is 1. The molecule has 1 aromatic rings. The lowest BCUT2D eigenvalue weighted by atomic mass is 10.2. The third-order valence-corrected chi connectivity index (χ3v) is 3.47. The summed E-state index contributed by atoms with van der Waals surface area (Å²) < 4.78 is 25.0. The second-order valence-electron chi connectivity index (χ2n) is 3.19. The molecule has 0 radical (unpaired) electrons. The number of carboxylic acid groups (broad SMARTS) is 1. The van der Waals surface area contributed by atoms with E-state index in [2.05, 4.69) is 0 Å². The van der Waals surface area contributed by atoms with Crippen molar-refractivity contribution in [2.24, 2.45) is 0 Å². The van der Waals surface area contributed by atoms with Crippen LogP contribution in [0.25, 0.3) is 0 Å². The highest BCUT2D eigenvalue weighted by Gasteiger charge is 2.12. The van der Waals surface area contributed by atoms with Crippen molar-refractivity contribution in [3.8, 4) is 0 Å². The van der Waals surface area contributed by atoms with Gasteiger partial charge in [0.05, 0.1) is 17.4 Å². The lowest BCUT2D eigenvalue weighted by Crippen LogP contribution is -2.37. The van der Waals surface area contributed by atoms with Gasteiger partial charge in [-0.05, 0) is 24.1 Å². The molecule has 0 amide bonds. The minimum atomic E-state index is -3.75. The molecule has 88 valence electrons. The molecular formula is C10H12NO4S-. The van der Waals surface area contributed by atoms with Crippen molar-refractivity contribution < 1.29 is 18.3 Å². The van der Waals surface area contributed by atoms with Crippen LogP contribution in [-0.4, -0.2) is 20.9 Å². The number of benzene rings is 1. The molecule has 1 aromatic carbocycles. The summed E-state index contributed by atoms with van der Waals surface area (Å²) in [6, 6.07) is 6.26. The van der Waals surface area contributed by atoms with E-state index in [1.807, 2.05) is 11.6 Å². The topological polar surface area (TPSA) is 86.3 Å². The summed E-state index contributed by atoms with van der Waals surface area (Å²) in [6.07, 6.45) is 0.812. The minimum absolute atomic E-state index is 0.0472. The molecule has 0 aliphatic rings. The van der Waals surface area contributed by atoms with Crippen molar-refractivity contribution in [2.75, 3.05) is 6.54 Å². The predicted octanol–water partition coefficient (Wildman–Crippen LogP) is -0.723. The zero-order chi connectivity index (χ0) is 12.2. The number of sulfonamides is 1. The summed E-state index contributed by atoms with van der Waals surface area (Å²) in [6.45, 7) is 1.23. The first-order valence-electron chi connectivity index (χ1n) is 4.74. The average Bonchev–Trinajstić information content (AvgIpc) is 2.27. The van der Waals surface area contributed by atoms with Crippen molar-refractivity contribution >= 4 is 16.0 Å². The van der Waals surface area contributed by atoms with Crippen LogP contribution in [0.2, 0.25) is 0 Å². The quantitative estimate of drug-likeness (QED) is 0.738. The molecule has 0 bridgehead atoms. The fraction of sp³-hybridized carbons (Fsp3) is 0.300. The first-order chi connectivity index (χ1) is 7.45. The molecule has 1 N–H and O–H groups in total. The SMILES string of the molecule is CCc1ccc(S(=O)(=O)NCC(=O)[O-])cc1. The lowest BCUT2D eigenvalue weighted by Gasteiger charge is -2.07. The van der Waals surface area contributed by atoms with Crippen LogP contribution in [0.15, 0.2) is 29.2 Å². The number of carbonyl (C=O) groups excluding carboxylic acids is 1. The van der Waals surface area contributed by atoms with Crippen molar-refractivity contribution in [1.82, 2.24) is 4.72 Å². The van der Waals surface area contributed by atoms with Crippen molar-refractivity contribution in [1.29, 1.82) is 0 Å². The van der Waals surface area contributed by atoms with Crippen LogP contribution in [0.1, 0.15) is 12.5 Å². The van der Waals surface area contributed by atoms with Gasteiger partial charge in [-0.3, -0.25) is 0 Å². The smallest absolute Gasteiger partial charge is 0.240 e. The zero-order valence-corrected chi connectivity index (χ0v) is 9.58. The summed E-state index contributed by atoms with van der Waals surface area (Å²) in [5, 5.41) is 10.1. The van der Waals surface area contributed by atoms with Crippen LogP contribution >= 0.6 is 0 Å². The molecule has 0 fully saturated rings. The molecule has 0 saturated carbocycles. The Bertz CT molecular complexity index is 464. The molecular weight excluding hydrogens is 230 g/mol. The molecule has 0 aliphatic heterocycles. The highest BCUT2D eigenvalue weighted by Crippen LogP contribution is 2.10. The van der Waals surface area contributed by atoms with Gasteiger partial charge in [-0.1, -0.05) is 19.1 Å². The number of hydrogen-bond donors (Lipinski definition) is 1. The van der Waals surface area contributed by atoms with Gasteiger partial charge in [-0.15, -0.1) is 0 Å². The first kappa shape index (κ1) is 12.7. The van der Waals surface area contributed by atoms with E-state index >= 15 is 0 Å². The molecule has 6 heteroatoms. The van der Waals surface area contributed by atoms with E-state index in [1.54, 1.807) is 12.1 Å². The van der Waals surface area contributed by atoms with Crippen molar-refractivity contribution in [3.63, 3.8) is 0 Å². The number of aliphatic carboxylic acids is 1. The monoisotopic (exact) mass is 242 g/mol. The van der Waals surface area contributed by atoms with Gasteiger partial charge in [0.1, 0.15) is 0 Å². The van der Waals surface area contributed by atoms with Gasteiger partial charge >= 0.3 is 0 Å². The van der Waals surface area contributed by atoms with E-state index in [1.165, 1.54) is 12.1 Å². The largest absolute Gasteiger partial charge is 0.549 e. The van der Waals surface area contributed by atoms with E-state index in [-0.39, 0.29) is 4.90 Å². The Morgan fingerprint density at radius 3 is 2.31 bits per heavy atom. The Balaban J connectivity index is 2.85. The van der Waals surface area contributed by atoms with Gasteiger partial charge in [0.25, 0.3) is 0 Å². The Hall–Kier alpha value is -1.40. The number of hydrogen-bond acceptors (Lipinski definition) is 4. The van der Waals surface area contributed by atoms with Gasteiger partial charge in [0.15, 0.2) is 0 Å². The molecule has 16 heavy (non-hydrogen) atoms. The fourth-order valence-corrected chi connectivity index (χ4v) is 2.11. The third-order valence-electron chi connectivity index (χ3n) is 2.05. The molecule has 1 rings (SSSR count). The second-order valence-corrected chi connectivity index (χ2v) is 4.96. The minimum Gasteiger partial charge on any atom is -0.549 e. The summed E-state index contributed by atoms with van der Waals surface area (Å²) >= 11 is 0. The normalized spacial score (nSPS) is 11.3.